The van der Waals surface area contributed by atoms with Crippen LogP contribution in [0.15, 0.2) is 33.4 Å². The molecule has 1 aromatic heterocycles. The second kappa shape index (κ2) is 2.94. The highest BCUT2D eigenvalue weighted by Gasteiger charge is 2.08. The number of para-hydroxylation sites is 1. The number of rotatable bonds is 1. The van der Waals surface area contributed by atoms with Crippen LogP contribution in [0.5, 0.6) is 0 Å². The van der Waals surface area contributed by atoms with E-state index >= 15 is 0 Å². The standard InChI is InChI=1S/C10H9BrO/c1-2-7-8-5-3-4-6-9(8)12-10(7)11/h3-6H,2H2,1H3. The molecule has 12 heavy (non-hydrogen) atoms. The lowest BCUT2D eigenvalue weighted by molar-refractivity contribution is 0.582. The molecule has 1 heterocycles. The van der Waals surface area contributed by atoms with E-state index in [1.807, 2.05) is 18.2 Å². The smallest absolute Gasteiger partial charge is 0.173 e. The molecule has 2 heteroatoms. The van der Waals surface area contributed by atoms with E-state index in [1.165, 1.54) is 10.9 Å². The van der Waals surface area contributed by atoms with E-state index in [-0.39, 0.29) is 0 Å². The van der Waals surface area contributed by atoms with Gasteiger partial charge in [0.2, 0.25) is 0 Å². The predicted molar refractivity (Wildman–Crippen MR) is 53.3 cm³/mol. The fourth-order valence-corrected chi connectivity index (χ4v) is 2.07. The van der Waals surface area contributed by atoms with E-state index in [2.05, 4.69) is 28.9 Å². The van der Waals surface area contributed by atoms with Crippen LogP contribution in [0.3, 0.4) is 0 Å². The number of fused-ring (bicyclic) bond motifs is 1. The number of aryl methyl sites for hydroxylation is 1. The minimum atomic E-state index is 0.867. The van der Waals surface area contributed by atoms with E-state index in [0.717, 1.165) is 16.7 Å². The van der Waals surface area contributed by atoms with Crippen LogP contribution >= 0.6 is 15.9 Å². The Kier molecular flexibility index (Phi) is 1.93. The van der Waals surface area contributed by atoms with Crippen LogP contribution < -0.4 is 0 Å². The molecule has 0 bridgehead atoms. The summed E-state index contributed by atoms with van der Waals surface area (Å²) < 4.78 is 6.37. The van der Waals surface area contributed by atoms with Crippen LogP contribution in [0.25, 0.3) is 11.0 Å². The van der Waals surface area contributed by atoms with Crippen molar-refractivity contribution in [1.29, 1.82) is 0 Å². The SMILES string of the molecule is CCc1c(Br)oc2ccccc12. The summed E-state index contributed by atoms with van der Waals surface area (Å²) in [7, 11) is 0. The van der Waals surface area contributed by atoms with Gasteiger partial charge in [-0.15, -0.1) is 0 Å². The minimum Gasteiger partial charge on any atom is -0.449 e. The summed E-state index contributed by atoms with van der Waals surface area (Å²) in [5, 5.41) is 1.21. The van der Waals surface area contributed by atoms with Crippen LogP contribution in [0.4, 0.5) is 0 Å². The van der Waals surface area contributed by atoms with Crippen LogP contribution in [0.1, 0.15) is 12.5 Å². The lowest BCUT2D eigenvalue weighted by atomic mass is 10.1. The van der Waals surface area contributed by atoms with Crippen molar-refractivity contribution in [3.05, 3.63) is 34.5 Å². The van der Waals surface area contributed by atoms with Gasteiger partial charge >= 0.3 is 0 Å². The Balaban J connectivity index is 2.81. The van der Waals surface area contributed by atoms with Crippen molar-refractivity contribution >= 4 is 26.9 Å². The van der Waals surface area contributed by atoms with E-state index in [4.69, 9.17) is 4.42 Å². The van der Waals surface area contributed by atoms with Crippen LogP contribution in [-0.4, -0.2) is 0 Å². The van der Waals surface area contributed by atoms with Crippen LogP contribution in [-0.2, 0) is 6.42 Å². The maximum atomic E-state index is 5.51. The zero-order valence-corrected chi connectivity index (χ0v) is 8.39. The molecular weight excluding hydrogens is 216 g/mol. The molecule has 0 radical (unpaired) electrons. The summed E-state index contributed by atoms with van der Waals surface area (Å²) in [5.41, 5.74) is 2.21. The lowest BCUT2D eigenvalue weighted by Crippen LogP contribution is -1.75. The highest BCUT2D eigenvalue weighted by molar-refractivity contribution is 9.10. The summed E-state index contributed by atoms with van der Waals surface area (Å²) in [6, 6.07) is 8.09. The first-order chi connectivity index (χ1) is 5.83. The number of furan rings is 1. The largest absolute Gasteiger partial charge is 0.449 e. The molecule has 1 aromatic carbocycles. The van der Waals surface area contributed by atoms with Gasteiger partial charge in [-0.25, -0.2) is 0 Å². The number of benzene rings is 1. The van der Waals surface area contributed by atoms with Crippen molar-refractivity contribution in [2.45, 2.75) is 13.3 Å². The Labute approximate surface area is 79.5 Å². The van der Waals surface area contributed by atoms with Gasteiger partial charge < -0.3 is 4.42 Å². The highest BCUT2D eigenvalue weighted by Crippen LogP contribution is 2.29. The third kappa shape index (κ3) is 1.07. The average molecular weight is 225 g/mol. The molecule has 0 aliphatic heterocycles. The Morgan fingerprint density at radius 2 is 2.08 bits per heavy atom. The summed E-state index contributed by atoms with van der Waals surface area (Å²) in [5.74, 6) is 0. The van der Waals surface area contributed by atoms with Crippen molar-refractivity contribution in [2.24, 2.45) is 0 Å². The molecule has 62 valence electrons. The van der Waals surface area contributed by atoms with Gasteiger partial charge in [-0.05, 0) is 28.4 Å². The van der Waals surface area contributed by atoms with E-state index in [0.29, 0.717) is 0 Å². The van der Waals surface area contributed by atoms with Gasteiger partial charge in [0.25, 0.3) is 0 Å². The normalized spacial score (nSPS) is 10.8. The third-order valence-electron chi connectivity index (χ3n) is 2.00. The summed E-state index contributed by atoms with van der Waals surface area (Å²) in [6.45, 7) is 2.13. The summed E-state index contributed by atoms with van der Waals surface area (Å²) in [4.78, 5) is 0. The van der Waals surface area contributed by atoms with Crippen molar-refractivity contribution in [1.82, 2.24) is 0 Å². The third-order valence-corrected chi connectivity index (χ3v) is 2.64. The van der Waals surface area contributed by atoms with E-state index < -0.39 is 0 Å². The maximum absolute atomic E-state index is 5.51. The monoisotopic (exact) mass is 224 g/mol. The fourth-order valence-electron chi connectivity index (χ4n) is 1.40. The van der Waals surface area contributed by atoms with Gasteiger partial charge in [-0.3, -0.25) is 0 Å². The zero-order chi connectivity index (χ0) is 8.55. The Hall–Kier alpha value is -0.760. The number of halogens is 1. The molecule has 0 amide bonds. The van der Waals surface area contributed by atoms with Gasteiger partial charge in [-0.2, -0.15) is 0 Å². The van der Waals surface area contributed by atoms with Crippen molar-refractivity contribution in [2.75, 3.05) is 0 Å². The second-order valence-corrected chi connectivity index (χ2v) is 3.42. The quantitative estimate of drug-likeness (QED) is 0.720. The molecule has 1 nitrogen and oxygen atoms in total. The molecule has 0 saturated heterocycles. The Morgan fingerprint density at radius 3 is 2.83 bits per heavy atom. The Morgan fingerprint density at radius 1 is 1.33 bits per heavy atom. The molecule has 0 aliphatic rings. The second-order valence-electron chi connectivity index (χ2n) is 2.70. The predicted octanol–water partition coefficient (Wildman–Crippen LogP) is 3.76. The first-order valence-corrected chi connectivity index (χ1v) is 4.78. The van der Waals surface area contributed by atoms with Crippen molar-refractivity contribution < 1.29 is 4.42 Å². The first kappa shape index (κ1) is 7.87. The van der Waals surface area contributed by atoms with Crippen LogP contribution in [0.2, 0.25) is 0 Å². The molecule has 0 unspecified atom stereocenters. The topological polar surface area (TPSA) is 13.1 Å². The molecule has 0 aliphatic carbocycles. The summed E-state index contributed by atoms with van der Waals surface area (Å²) >= 11 is 3.40. The van der Waals surface area contributed by atoms with Gasteiger partial charge in [0.05, 0.1) is 0 Å². The Bertz CT molecular complexity index is 403. The molecule has 0 atom stereocenters. The number of hydrogen-bond donors (Lipinski definition) is 0. The molecule has 0 spiro atoms. The van der Waals surface area contributed by atoms with Gasteiger partial charge in [0, 0.05) is 10.9 Å². The van der Waals surface area contributed by atoms with Gasteiger partial charge in [-0.1, -0.05) is 25.1 Å². The maximum Gasteiger partial charge on any atom is 0.173 e. The van der Waals surface area contributed by atoms with Gasteiger partial charge in [0.1, 0.15) is 5.58 Å². The molecule has 2 rings (SSSR count). The van der Waals surface area contributed by atoms with E-state index in [9.17, 15) is 0 Å². The fraction of sp³-hybridized carbons (Fsp3) is 0.200. The molecular formula is C10H9BrO. The highest BCUT2D eigenvalue weighted by atomic mass is 79.9. The average Bonchev–Trinajstić information content (AvgIpc) is 2.40. The zero-order valence-electron chi connectivity index (χ0n) is 6.80. The first-order valence-electron chi connectivity index (χ1n) is 3.99. The van der Waals surface area contributed by atoms with Gasteiger partial charge in [0.15, 0.2) is 4.67 Å². The summed E-state index contributed by atoms with van der Waals surface area (Å²) in [6.07, 6.45) is 0.998. The lowest BCUT2D eigenvalue weighted by Gasteiger charge is -1.89. The van der Waals surface area contributed by atoms with Crippen molar-refractivity contribution in [3.8, 4) is 0 Å². The van der Waals surface area contributed by atoms with E-state index in [1.54, 1.807) is 0 Å². The minimum absolute atomic E-state index is 0.867. The number of hydrogen-bond acceptors (Lipinski definition) is 1. The van der Waals surface area contributed by atoms with Crippen LogP contribution in [0, 0.1) is 0 Å². The molecule has 0 N–H and O–H groups in total. The molecule has 0 saturated carbocycles. The molecule has 2 aromatic rings. The van der Waals surface area contributed by atoms with Crippen molar-refractivity contribution in [3.63, 3.8) is 0 Å². The molecule has 0 fully saturated rings.